The van der Waals surface area contributed by atoms with Crippen molar-refractivity contribution in [3.63, 3.8) is 0 Å². The van der Waals surface area contributed by atoms with Crippen molar-refractivity contribution in [2.75, 3.05) is 18.4 Å². The summed E-state index contributed by atoms with van der Waals surface area (Å²) in [5.41, 5.74) is 1.26. The van der Waals surface area contributed by atoms with E-state index in [9.17, 15) is 17.6 Å². The van der Waals surface area contributed by atoms with Gasteiger partial charge in [-0.05, 0) is 55.8 Å². The summed E-state index contributed by atoms with van der Waals surface area (Å²) in [5.74, 6) is -0.598. The molecule has 1 aliphatic rings. The molecule has 2 N–H and O–H groups in total. The van der Waals surface area contributed by atoms with E-state index < -0.39 is 21.9 Å². The molecule has 9 heteroatoms. The summed E-state index contributed by atoms with van der Waals surface area (Å²) in [7, 11) is -3.48. The van der Waals surface area contributed by atoms with E-state index in [4.69, 9.17) is 0 Å². The van der Waals surface area contributed by atoms with Crippen molar-refractivity contribution in [2.45, 2.75) is 43.0 Å². The van der Waals surface area contributed by atoms with Crippen molar-refractivity contribution in [1.29, 1.82) is 0 Å². The summed E-state index contributed by atoms with van der Waals surface area (Å²) in [6, 6.07) is 7.05. The van der Waals surface area contributed by atoms with Crippen LogP contribution in [0.3, 0.4) is 0 Å². The molecule has 3 rings (SSSR count). The molecule has 1 unspecified atom stereocenters. The van der Waals surface area contributed by atoms with Gasteiger partial charge in [-0.1, -0.05) is 12.1 Å². The summed E-state index contributed by atoms with van der Waals surface area (Å²) in [6.45, 7) is 4.83. The molecule has 0 aliphatic carbocycles. The van der Waals surface area contributed by atoms with Crippen LogP contribution in [-0.2, 0) is 14.8 Å². The van der Waals surface area contributed by atoms with E-state index in [0.29, 0.717) is 35.8 Å². The normalized spacial score (nSPS) is 17.4. The first kappa shape index (κ1) is 20.9. The minimum absolute atomic E-state index is 0.149. The number of carbonyl (C=O) groups excluding carboxylic acids is 1. The van der Waals surface area contributed by atoms with Crippen LogP contribution in [0, 0.1) is 12.7 Å². The van der Waals surface area contributed by atoms with Gasteiger partial charge in [0.05, 0.1) is 6.04 Å². The van der Waals surface area contributed by atoms with E-state index >= 15 is 0 Å². The molecule has 1 aliphatic heterocycles. The zero-order valence-electron chi connectivity index (χ0n) is 15.8. The largest absolute Gasteiger partial charge is 0.324 e. The quantitative estimate of drug-likeness (QED) is 0.746. The molecule has 1 saturated heterocycles. The van der Waals surface area contributed by atoms with Gasteiger partial charge in [-0.25, -0.2) is 17.5 Å². The molecule has 2 heterocycles. The lowest BCUT2D eigenvalue weighted by molar-refractivity contribution is -0.121. The number of nitrogens with zero attached hydrogens (tertiary/aromatic N) is 1. The van der Waals surface area contributed by atoms with Crippen LogP contribution in [0.25, 0.3) is 0 Å². The Labute approximate surface area is 168 Å². The first-order valence-corrected chi connectivity index (χ1v) is 11.5. The van der Waals surface area contributed by atoms with Gasteiger partial charge in [-0.15, -0.1) is 11.3 Å². The van der Waals surface area contributed by atoms with Crippen LogP contribution in [-0.4, -0.2) is 44.4 Å². The Bertz CT molecular complexity index is 924. The van der Waals surface area contributed by atoms with Crippen LogP contribution in [0.5, 0.6) is 0 Å². The molecule has 1 aromatic carbocycles. The number of sulfonamides is 1. The minimum Gasteiger partial charge on any atom is -0.324 e. The molecule has 1 amide bonds. The van der Waals surface area contributed by atoms with Gasteiger partial charge in [0, 0.05) is 24.8 Å². The number of anilines is 1. The molecule has 1 fully saturated rings. The van der Waals surface area contributed by atoms with Crippen molar-refractivity contribution < 1.29 is 17.6 Å². The predicted molar refractivity (Wildman–Crippen MR) is 108 cm³/mol. The lowest BCUT2D eigenvalue weighted by atomic mass is 10.0. The zero-order valence-corrected chi connectivity index (χ0v) is 17.4. The highest BCUT2D eigenvalue weighted by molar-refractivity contribution is 7.91. The number of carbonyl (C=O) groups is 1. The van der Waals surface area contributed by atoms with Crippen molar-refractivity contribution in [2.24, 2.45) is 0 Å². The first-order chi connectivity index (χ1) is 13.3. The number of nitrogens with one attached hydrogen (secondary N) is 2. The fourth-order valence-electron chi connectivity index (χ4n) is 3.23. The average molecular weight is 426 g/mol. The summed E-state index contributed by atoms with van der Waals surface area (Å²) >= 11 is 1.19. The molecule has 1 aromatic heterocycles. The number of likely N-dealkylation sites (tertiary alicyclic amines) is 1. The second kappa shape index (κ2) is 8.69. The van der Waals surface area contributed by atoms with Crippen LogP contribution in [0.2, 0.25) is 0 Å². The topological polar surface area (TPSA) is 78.5 Å². The van der Waals surface area contributed by atoms with E-state index in [-0.39, 0.29) is 11.9 Å². The number of hydrogen-bond acceptors (Lipinski definition) is 5. The molecule has 0 spiro atoms. The number of hydrogen-bond donors (Lipinski definition) is 2. The Kier molecular flexibility index (Phi) is 6.49. The Morgan fingerprint density at radius 3 is 2.64 bits per heavy atom. The van der Waals surface area contributed by atoms with Crippen molar-refractivity contribution in [3.8, 4) is 0 Å². The van der Waals surface area contributed by atoms with Crippen LogP contribution in [0.1, 0.15) is 25.3 Å². The molecular formula is C19H24FN3O3S2. The summed E-state index contributed by atoms with van der Waals surface area (Å²) in [5, 5.41) is 4.52. The number of amides is 1. The molecule has 152 valence electrons. The maximum Gasteiger partial charge on any atom is 0.250 e. The van der Waals surface area contributed by atoms with Gasteiger partial charge in [-0.2, -0.15) is 0 Å². The third-order valence-corrected chi connectivity index (χ3v) is 7.91. The van der Waals surface area contributed by atoms with E-state index in [1.807, 2.05) is 11.8 Å². The summed E-state index contributed by atoms with van der Waals surface area (Å²) in [4.78, 5) is 14.6. The highest BCUT2D eigenvalue weighted by atomic mass is 32.2. The number of piperidine rings is 1. The summed E-state index contributed by atoms with van der Waals surface area (Å²) in [6.07, 6.45) is 1.25. The summed E-state index contributed by atoms with van der Waals surface area (Å²) < 4.78 is 41.2. The maximum absolute atomic E-state index is 13.4. The lowest BCUT2D eigenvalue weighted by Crippen LogP contribution is -2.50. The van der Waals surface area contributed by atoms with Gasteiger partial charge in [0.2, 0.25) is 15.9 Å². The second-order valence-electron chi connectivity index (χ2n) is 6.99. The van der Waals surface area contributed by atoms with Gasteiger partial charge in [0.1, 0.15) is 10.0 Å². The molecule has 6 nitrogen and oxygen atoms in total. The van der Waals surface area contributed by atoms with Gasteiger partial charge in [0.25, 0.3) is 0 Å². The third-order valence-electron chi connectivity index (χ3n) is 5.00. The van der Waals surface area contributed by atoms with E-state index in [1.54, 1.807) is 30.5 Å². The number of aryl methyl sites for hydroxylation is 1. The van der Waals surface area contributed by atoms with Crippen molar-refractivity contribution in [1.82, 2.24) is 9.62 Å². The molecule has 1 atom stereocenters. The fraction of sp³-hybridized carbons (Fsp3) is 0.421. The average Bonchev–Trinajstić information content (AvgIpc) is 3.20. The third kappa shape index (κ3) is 4.96. The van der Waals surface area contributed by atoms with Gasteiger partial charge >= 0.3 is 0 Å². The number of halogens is 1. The monoisotopic (exact) mass is 425 g/mol. The zero-order chi connectivity index (χ0) is 20.3. The highest BCUT2D eigenvalue weighted by Gasteiger charge is 2.29. The SMILES string of the molecule is Cc1ccc(F)cc1NC(=O)C(C)N1CCC(NS(=O)(=O)c2cccs2)CC1. The standard InChI is InChI=1S/C19H24FN3O3S2/c1-13-5-6-15(20)12-17(13)21-19(24)14(2)23-9-7-16(8-10-23)22-28(25,26)18-4-3-11-27-18/h3-6,11-12,14,16,22H,7-10H2,1-2H3,(H,21,24). The van der Waals surface area contributed by atoms with E-state index in [2.05, 4.69) is 10.0 Å². The highest BCUT2D eigenvalue weighted by Crippen LogP contribution is 2.21. The lowest BCUT2D eigenvalue weighted by Gasteiger charge is -2.35. The molecule has 0 bridgehead atoms. The van der Waals surface area contributed by atoms with Crippen LogP contribution in [0.4, 0.5) is 10.1 Å². The number of rotatable bonds is 6. The predicted octanol–water partition coefficient (Wildman–Crippen LogP) is 2.97. The van der Waals surface area contributed by atoms with Crippen LogP contribution >= 0.6 is 11.3 Å². The fourth-order valence-corrected chi connectivity index (χ4v) is 5.54. The molecule has 28 heavy (non-hydrogen) atoms. The van der Waals surface area contributed by atoms with Gasteiger partial charge in [0.15, 0.2) is 0 Å². The van der Waals surface area contributed by atoms with Crippen molar-refractivity contribution >= 4 is 33.0 Å². The molecule has 0 saturated carbocycles. The Hall–Kier alpha value is -1.81. The Morgan fingerprint density at radius 1 is 1.29 bits per heavy atom. The number of benzene rings is 1. The van der Waals surface area contributed by atoms with E-state index in [1.165, 1.54) is 23.5 Å². The van der Waals surface area contributed by atoms with Crippen LogP contribution in [0.15, 0.2) is 39.9 Å². The maximum atomic E-state index is 13.4. The van der Waals surface area contributed by atoms with Gasteiger partial charge in [-0.3, -0.25) is 9.69 Å². The molecule has 2 aromatic rings. The minimum atomic E-state index is -3.48. The first-order valence-electron chi connectivity index (χ1n) is 9.13. The number of thiophene rings is 1. The smallest absolute Gasteiger partial charge is 0.250 e. The van der Waals surface area contributed by atoms with Crippen molar-refractivity contribution in [3.05, 3.63) is 47.1 Å². The molecular weight excluding hydrogens is 401 g/mol. The Balaban J connectivity index is 1.54. The molecule has 0 radical (unpaired) electrons. The van der Waals surface area contributed by atoms with E-state index in [0.717, 1.165) is 5.56 Å². The Morgan fingerprint density at radius 2 is 2.00 bits per heavy atom. The second-order valence-corrected chi connectivity index (χ2v) is 9.88. The van der Waals surface area contributed by atoms with Gasteiger partial charge < -0.3 is 5.32 Å². The van der Waals surface area contributed by atoms with Crippen LogP contribution < -0.4 is 10.0 Å².